The van der Waals surface area contributed by atoms with Gasteiger partial charge in [-0.05, 0) is 18.2 Å². The summed E-state index contributed by atoms with van der Waals surface area (Å²) in [5, 5.41) is 1.77. The number of nitrogens with one attached hydrogen (secondary N) is 1. The molecule has 6 nitrogen and oxygen atoms in total. The summed E-state index contributed by atoms with van der Waals surface area (Å²) in [6.45, 7) is 0. The molecular formula is C15H10N4O2. The molecule has 0 aliphatic heterocycles. The Hall–Kier alpha value is -3.15. The third kappa shape index (κ3) is 1.85. The molecule has 0 aliphatic carbocycles. The number of benzene rings is 1. The summed E-state index contributed by atoms with van der Waals surface area (Å²) in [7, 11) is 0. The fraction of sp³-hybridized carbons (Fsp3) is 0. The summed E-state index contributed by atoms with van der Waals surface area (Å²) in [4.78, 5) is 22.3. The van der Waals surface area contributed by atoms with Gasteiger partial charge in [-0.3, -0.25) is 14.8 Å². The number of hydrogen-bond acceptors (Lipinski definition) is 5. The second-order valence-corrected chi connectivity index (χ2v) is 4.69. The van der Waals surface area contributed by atoms with Crippen LogP contribution in [-0.4, -0.2) is 15.0 Å². The predicted octanol–water partition coefficient (Wildman–Crippen LogP) is 2.31. The molecule has 102 valence electrons. The number of furan rings is 1. The van der Waals surface area contributed by atoms with E-state index in [1.165, 1.54) is 6.07 Å². The van der Waals surface area contributed by atoms with E-state index in [1.54, 1.807) is 12.3 Å². The lowest BCUT2D eigenvalue weighted by Gasteiger charge is -1.97. The standard InChI is InChI=1S/C15H10N4O2/c16-15-18-11(6-13(20)19-15)12-5-8-7-17-10-4-2-1-3-9(10)14(8)21-12/h1-7H,(H3,16,18,19,20). The first-order chi connectivity index (χ1) is 10.2. The number of aromatic amines is 1. The van der Waals surface area contributed by atoms with Gasteiger partial charge in [0.15, 0.2) is 5.76 Å². The van der Waals surface area contributed by atoms with Gasteiger partial charge in [-0.2, -0.15) is 0 Å². The van der Waals surface area contributed by atoms with Crippen LogP contribution in [0.25, 0.3) is 33.3 Å². The van der Waals surface area contributed by atoms with Crippen LogP contribution in [0.5, 0.6) is 0 Å². The Morgan fingerprint density at radius 1 is 1.19 bits per heavy atom. The van der Waals surface area contributed by atoms with Crippen molar-refractivity contribution < 1.29 is 4.42 Å². The van der Waals surface area contributed by atoms with Gasteiger partial charge in [0.25, 0.3) is 5.56 Å². The monoisotopic (exact) mass is 278 g/mol. The van der Waals surface area contributed by atoms with Crippen LogP contribution in [0.2, 0.25) is 0 Å². The molecule has 3 heterocycles. The van der Waals surface area contributed by atoms with Crippen molar-refractivity contribution in [2.24, 2.45) is 0 Å². The zero-order chi connectivity index (χ0) is 14.4. The Morgan fingerprint density at radius 2 is 2.05 bits per heavy atom. The van der Waals surface area contributed by atoms with Crippen molar-refractivity contribution in [1.82, 2.24) is 15.0 Å². The number of nitrogens with two attached hydrogens (primary N) is 1. The Bertz CT molecular complexity index is 1030. The fourth-order valence-electron chi connectivity index (χ4n) is 2.36. The van der Waals surface area contributed by atoms with Crippen LogP contribution < -0.4 is 11.3 Å². The lowest BCUT2D eigenvalue weighted by molar-refractivity contribution is 0.631. The Balaban J connectivity index is 2.02. The van der Waals surface area contributed by atoms with Gasteiger partial charge < -0.3 is 10.2 Å². The molecule has 0 saturated heterocycles. The lowest BCUT2D eigenvalue weighted by atomic mass is 10.2. The fourth-order valence-corrected chi connectivity index (χ4v) is 2.36. The van der Waals surface area contributed by atoms with E-state index in [-0.39, 0.29) is 11.5 Å². The molecule has 0 unspecified atom stereocenters. The first-order valence-corrected chi connectivity index (χ1v) is 6.35. The molecule has 0 radical (unpaired) electrons. The molecule has 6 heteroatoms. The predicted molar refractivity (Wildman–Crippen MR) is 79.8 cm³/mol. The van der Waals surface area contributed by atoms with Crippen molar-refractivity contribution >= 4 is 27.8 Å². The lowest BCUT2D eigenvalue weighted by Crippen LogP contribution is -2.09. The van der Waals surface area contributed by atoms with Crippen LogP contribution in [0.1, 0.15) is 0 Å². The van der Waals surface area contributed by atoms with Crippen LogP contribution in [0.4, 0.5) is 5.95 Å². The molecule has 0 aliphatic rings. The van der Waals surface area contributed by atoms with Crippen LogP contribution in [0, 0.1) is 0 Å². The summed E-state index contributed by atoms with van der Waals surface area (Å²) >= 11 is 0. The van der Waals surface area contributed by atoms with E-state index in [0.29, 0.717) is 11.5 Å². The number of para-hydroxylation sites is 1. The van der Waals surface area contributed by atoms with Gasteiger partial charge >= 0.3 is 0 Å². The van der Waals surface area contributed by atoms with E-state index in [2.05, 4.69) is 15.0 Å². The average molecular weight is 278 g/mol. The highest BCUT2D eigenvalue weighted by Crippen LogP contribution is 2.30. The van der Waals surface area contributed by atoms with E-state index >= 15 is 0 Å². The highest BCUT2D eigenvalue weighted by Gasteiger charge is 2.11. The molecule has 0 saturated carbocycles. The maximum Gasteiger partial charge on any atom is 0.252 e. The first-order valence-electron chi connectivity index (χ1n) is 6.35. The van der Waals surface area contributed by atoms with Gasteiger partial charge in [-0.15, -0.1) is 0 Å². The molecule has 0 bridgehead atoms. The van der Waals surface area contributed by atoms with Gasteiger partial charge in [0.05, 0.1) is 5.52 Å². The average Bonchev–Trinajstić information content (AvgIpc) is 2.91. The number of aromatic nitrogens is 3. The van der Waals surface area contributed by atoms with Crippen molar-refractivity contribution in [1.29, 1.82) is 0 Å². The number of fused-ring (bicyclic) bond motifs is 3. The van der Waals surface area contributed by atoms with Crippen molar-refractivity contribution in [3.8, 4) is 11.5 Å². The van der Waals surface area contributed by atoms with Crippen molar-refractivity contribution in [2.75, 3.05) is 5.73 Å². The summed E-state index contributed by atoms with van der Waals surface area (Å²) in [6.07, 6.45) is 1.74. The molecule has 0 spiro atoms. The van der Waals surface area contributed by atoms with Crippen molar-refractivity contribution in [2.45, 2.75) is 0 Å². The topological polar surface area (TPSA) is 97.8 Å². The smallest absolute Gasteiger partial charge is 0.252 e. The highest BCUT2D eigenvalue weighted by atomic mass is 16.3. The minimum Gasteiger partial charge on any atom is -0.454 e. The van der Waals surface area contributed by atoms with Crippen LogP contribution in [0.3, 0.4) is 0 Å². The molecule has 4 aromatic rings. The van der Waals surface area contributed by atoms with Crippen LogP contribution in [0.15, 0.2) is 51.8 Å². The van der Waals surface area contributed by atoms with E-state index in [4.69, 9.17) is 10.2 Å². The zero-order valence-electron chi connectivity index (χ0n) is 10.8. The number of nitrogen functional groups attached to an aromatic ring is 1. The minimum absolute atomic E-state index is 0.0564. The third-order valence-electron chi connectivity index (χ3n) is 3.26. The molecule has 3 aromatic heterocycles. The summed E-state index contributed by atoms with van der Waals surface area (Å²) in [5.41, 5.74) is 7.21. The van der Waals surface area contributed by atoms with Gasteiger partial charge in [-0.25, -0.2) is 4.98 Å². The molecule has 0 fully saturated rings. The number of hydrogen-bond donors (Lipinski definition) is 2. The molecule has 0 atom stereocenters. The van der Waals surface area contributed by atoms with Gasteiger partial charge in [-0.1, -0.05) is 12.1 Å². The normalized spacial score (nSPS) is 11.2. The first kappa shape index (κ1) is 11.7. The van der Waals surface area contributed by atoms with E-state index < -0.39 is 0 Å². The maximum absolute atomic E-state index is 11.5. The van der Waals surface area contributed by atoms with E-state index in [0.717, 1.165) is 21.9 Å². The Labute approximate surface area is 118 Å². The van der Waals surface area contributed by atoms with E-state index in [9.17, 15) is 4.79 Å². The van der Waals surface area contributed by atoms with Crippen LogP contribution >= 0.6 is 0 Å². The number of rotatable bonds is 1. The summed E-state index contributed by atoms with van der Waals surface area (Å²) < 4.78 is 5.87. The van der Waals surface area contributed by atoms with Gasteiger partial charge in [0.1, 0.15) is 11.3 Å². The molecular weight excluding hydrogens is 268 g/mol. The summed E-state index contributed by atoms with van der Waals surface area (Å²) in [6, 6.07) is 10.9. The number of pyridine rings is 1. The SMILES string of the molecule is Nc1nc(-c2cc3cnc4ccccc4c3o2)cc(=O)[nH]1. The Kier molecular flexibility index (Phi) is 2.32. The molecule has 0 amide bonds. The molecule has 21 heavy (non-hydrogen) atoms. The number of anilines is 1. The number of H-pyrrole nitrogens is 1. The second kappa shape index (κ2) is 4.17. The zero-order valence-corrected chi connectivity index (χ0v) is 10.8. The highest BCUT2D eigenvalue weighted by molar-refractivity contribution is 6.03. The Morgan fingerprint density at radius 3 is 2.90 bits per heavy atom. The van der Waals surface area contributed by atoms with E-state index in [1.807, 2.05) is 24.3 Å². The third-order valence-corrected chi connectivity index (χ3v) is 3.26. The van der Waals surface area contributed by atoms with Crippen molar-refractivity contribution in [3.05, 3.63) is 52.9 Å². The minimum atomic E-state index is -0.319. The molecule has 1 aromatic carbocycles. The second-order valence-electron chi connectivity index (χ2n) is 4.69. The number of nitrogens with zero attached hydrogens (tertiary/aromatic N) is 2. The quantitative estimate of drug-likeness (QED) is 0.556. The van der Waals surface area contributed by atoms with Gasteiger partial charge in [0.2, 0.25) is 5.95 Å². The summed E-state index contributed by atoms with van der Waals surface area (Å²) in [5.74, 6) is 0.543. The van der Waals surface area contributed by atoms with Crippen LogP contribution in [-0.2, 0) is 0 Å². The van der Waals surface area contributed by atoms with Gasteiger partial charge in [0, 0.05) is 23.0 Å². The maximum atomic E-state index is 11.5. The molecule has 4 rings (SSSR count). The molecule has 3 N–H and O–H groups in total. The largest absolute Gasteiger partial charge is 0.454 e. The van der Waals surface area contributed by atoms with Crippen molar-refractivity contribution in [3.63, 3.8) is 0 Å².